The first-order chi connectivity index (χ1) is 13.6. The number of hydrogen-bond acceptors (Lipinski definition) is 3. The molecule has 4 aromatic rings. The molecule has 9 heteroatoms. The summed E-state index contributed by atoms with van der Waals surface area (Å²) in [6.07, 6.45) is 1.56. The molecule has 0 saturated carbocycles. The molecule has 0 aliphatic carbocycles. The largest absolute Gasteiger partial charge is 0.322 e. The van der Waals surface area contributed by atoms with Gasteiger partial charge in [0.1, 0.15) is 5.82 Å². The van der Waals surface area contributed by atoms with Crippen molar-refractivity contribution in [2.75, 3.05) is 14.1 Å². The number of nitrogens with zero attached hydrogens (tertiary/aromatic N) is 4. The molecule has 152 valence electrons. The van der Waals surface area contributed by atoms with Gasteiger partial charge in [-0.25, -0.2) is 4.39 Å². The van der Waals surface area contributed by atoms with Crippen LogP contribution in [0.5, 0.6) is 0 Å². The van der Waals surface area contributed by atoms with Crippen molar-refractivity contribution in [2.24, 2.45) is 0 Å². The first-order valence-electron chi connectivity index (χ1n) is 9.03. The Balaban J connectivity index is 2.09. The van der Waals surface area contributed by atoms with Gasteiger partial charge in [-0.3, -0.25) is 0 Å². The molecule has 0 saturated heterocycles. The van der Waals surface area contributed by atoms with Crippen LogP contribution in [-0.4, -0.2) is 40.6 Å². The zero-order valence-electron chi connectivity index (χ0n) is 16.4. The Morgan fingerprint density at radius 1 is 1.10 bits per heavy atom. The average molecular weight is 526 g/mol. The topological polar surface area (TPSA) is 60.1 Å². The first-order valence-corrected chi connectivity index (χ1v) is 11.5. The summed E-state index contributed by atoms with van der Waals surface area (Å²) in [5.74, 6) is -0.0759. The molecule has 0 aliphatic heterocycles. The van der Waals surface area contributed by atoms with Gasteiger partial charge in [-0.05, 0) is 64.9 Å². The van der Waals surface area contributed by atoms with E-state index in [9.17, 15) is 12.8 Å². The molecule has 0 spiro atoms. The quantitative estimate of drug-likeness (QED) is 0.368. The summed E-state index contributed by atoms with van der Waals surface area (Å²) in [6.45, 7) is 4.21. The number of rotatable bonds is 4. The molecule has 6 nitrogen and oxygen atoms in total. The van der Waals surface area contributed by atoms with E-state index in [1.165, 1.54) is 26.2 Å². The van der Waals surface area contributed by atoms with E-state index in [4.69, 9.17) is 0 Å². The molecule has 0 fully saturated rings. The minimum atomic E-state index is -3.73. The summed E-state index contributed by atoms with van der Waals surface area (Å²) in [7, 11) is -0.772. The van der Waals surface area contributed by atoms with Gasteiger partial charge in [0.05, 0.1) is 17.2 Å². The van der Waals surface area contributed by atoms with Crippen LogP contribution in [0.3, 0.4) is 0 Å². The Bertz CT molecular complexity index is 1340. The monoisotopic (exact) mass is 526 g/mol. The molecule has 0 N–H and O–H groups in total. The van der Waals surface area contributed by atoms with Crippen molar-refractivity contribution in [3.63, 3.8) is 0 Å². The highest BCUT2D eigenvalue weighted by atomic mass is 127. The molecule has 0 atom stereocenters. The van der Waals surface area contributed by atoms with E-state index in [2.05, 4.69) is 46.1 Å². The van der Waals surface area contributed by atoms with Crippen molar-refractivity contribution in [3.8, 4) is 5.69 Å². The first kappa shape index (κ1) is 20.3. The normalized spacial score (nSPS) is 12.7. The lowest BCUT2D eigenvalue weighted by Crippen LogP contribution is -2.29. The van der Waals surface area contributed by atoms with Gasteiger partial charge in [-0.1, -0.05) is 13.8 Å². The van der Waals surface area contributed by atoms with Crippen LogP contribution < -0.4 is 0 Å². The molecule has 2 aromatic heterocycles. The average Bonchev–Trinajstić information content (AvgIpc) is 3.20. The molecular weight excluding hydrogens is 506 g/mol. The van der Waals surface area contributed by atoms with Gasteiger partial charge in [-0.2, -0.15) is 17.8 Å². The van der Waals surface area contributed by atoms with Crippen molar-refractivity contribution in [1.29, 1.82) is 0 Å². The van der Waals surface area contributed by atoms with Crippen LogP contribution in [-0.2, 0) is 10.2 Å². The standard InChI is InChI=1S/C20H20FIN4O2S/c1-12(2)20-19(22)16-10-17-13(11-23-26(17)29(27,28)24(3)4)9-18(16)25(20)15-7-5-14(21)6-8-15/h5-12H,1-4H3. The van der Waals surface area contributed by atoms with Crippen molar-refractivity contribution in [3.05, 3.63) is 57.7 Å². The van der Waals surface area contributed by atoms with Gasteiger partial charge in [0.2, 0.25) is 0 Å². The molecular formula is C20H20FIN4O2S. The van der Waals surface area contributed by atoms with E-state index in [0.717, 1.165) is 39.6 Å². The molecule has 0 amide bonds. The van der Waals surface area contributed by atoms with Crippen LogP contribution in [0.1, 0.15) is 25.5 Å². The minimum absolute atomic E-state index is 0.212. The lowest BCUT2D eigenvalue weighted by Gasteiger charge is -2.14. The van der Waals surface area contributed by atoms with Gasteiger partial charge < -0.3 is 4.57 Å². The van der Waals surface area contributed by atoms with Crippen LogP contribution in [0.25, 0.3) is 27.5 Å². The predicted molar refractivity (Wildman–Crippen MR) is 121 cm³/mol. The van der Waals surface area contributed by atoms with E-state index in [0.29, 0.717) is 5.52 Å². The fourth-order valence-electron chi connectivity index (χ4n) is 3.48. The SMILES string of the molecule is CC(C)c1c(I)c2cc3c(cnn3S(=O)(=O)N(C)C)cc2n1-c1ccc(F)cc1. The number of fused-ring (bicyclic) bond motifs is 2. The minimum Gasteiger partial charge on any atom is -0.312 e. The predicted octanol–water partition coefficient (Wildman–Crippen LogP) is 4.50. The zero-order valence-corrected chi connectivity index (χ0v) is 19.4. The van der Waals surface area contributed by atoms with Gasteiger partial charge in [0, 0.05) is 39.8 Å². The Hall–Kier alpha value is -1.98. The summed E-state index contributed by atoms with van der Waals surface area (Å²) < 4.78 is 44.1. The van der Waals surface area contributed by atoms with E-state index < -0.39 is 10.2 Å². The highest BCUT2D eigenvalue weighted by Gasteiger charge is 2.24. The third-order valence-electron chi connectivity index (χ3n) is 4.91. The summed E-state index contributed by atoms with van der Waals surface area (Å²) in [6, 6.07) is 10.2. The summed E-state index contributed by atoms with van der Waals surface area (Å²) in [4.78, 5) is 0. The van der Waals surface area contributed by atoms with Gasteiger partial charge >= 0.3 is 10.2 Å². The molecule has 29 heavy (non-hydrogen) atoms. The number of benzene rings is 2. The summed E-state index contributed by atoms with van der Waals surface area (Å²) in [5, 5.41) is 5.77. The maximum absolute atomic E-state index is 13.5. The molecule has 0 radical (unpaired) electrons. The Morgan fingerprint density at radius 3 is 2.34 bits per heavy atom. The molecule has 0 aliphatic rings. The van der Waals surface area contributed by atoms with Crippen LogP contribution in [0.2, 0.25) is 0 Å². The molecule has 0 unspecified atom stereocenters. The van der Waals surface area contributed by atoms with Crippen LogP contribution in [0.4, 0.5) is 4.39 Å². The second-order valence-corrected chi connectivity index (χ2v) is 10.4. The van der Waals surface area contributed by atoms with E-state index >= 15 is 0 Å². The molecule has 2 heterocycles. The lowest BCUT2D eigenvalue weighted by molar-refractivity contribution is 0.506. The van der Waals surface area contributed by atoms with E-state index in [-0.39, 0.29) is 11.7 Å². The highest BCUT2D eigenvalue weighted by Crippen LogP contribution is 2.37. The second-order valence-electron chi connectivity index (χ2n) is 7.37. The van der Waals surface area contributed by atoms with Crippen molar-refractivity contribution < 1.29 is 12.8 Å². The van der Waals surface area contributed by atoms with E-state index in [1.54, 1.807) is 18.3 Å². The van der Waals surface area contributed by atoms with E-state index in [1.807, 2.05) is 12.1 Å². The Morgan fingerprint density at radius 2 is 1.76 bits per heavy atom. The Labute approximate surface area is 182 Å². The van der Waals surface area contributed by atoms with Crippen LogP contribution in [0.15, 0.2) is 42.6 Å². The molecule has 2 aromatic carbocycles. The van der Waals surface area contributed by atoms with Crippen molar-refractivity contribution in [1.82, 2.24) is 18.1 Å². The highest BCUT2D eigenvalue weighted by molar-refractivity contribution is 14.1. The summed E-state index contributed by atoms with van der Waals surface area (Å²) in [5.41, 5.74) is 3.40. The molecule has 4 rings (SSSR count). The van der Waals surface area contributed by atoms with Crippen LogP contribution >= 0.6 is 22.6 Å². The van der Waals surface area contributed by atoms with Gasteiger partial charge in [0.15, 0.2) is 0 Å². The fraction of sp³-hybridized carbons (Fsp3) is 0.250. The molecule has 0 bridgehead atoms. The second kappa shape index (κ2) is 7.06. The Kier molecular flexibility index (Phi) is 4.94. The number of halogens is 2. The van der Waals surface area contributed by atoms with Crippen LogP contribution in [0, 0.1) is 9.39 Å². The maximum atomic E-state index is 13.5. The van der Waals surface area contributed by atoms with Gasteiger partial charge in [0.25, 0.3) is 0 Å². The van der Waals surface area contributed by atoms with Crippen molar-refractivity contribution in [2.45, 2.75) is 19.8 Å². The number of aromatic nitrogens is 3. The number of hydrogen-bond donors (Lipinski definition) is 0. The third kappa shape index (κ3) is 3.15. The van der Waals surface area contributed by atoms with Gasteiger partial charge in [-0.15, -0.1) is 4.09 Å². The zero-order chi connectivity index (χ0) is 21.1. The lowest BCUT2D eigenvalue weighted by atomic mass is 10.1. The third-order valence-corrected chi connectivity index (χ3v) is 7.69. The fourth-order valence-corrected chi connectivity index (χ4v) is 5.66. The maximum Gasteiger partial charge on any atom is 0.322 e. The smallest absolute Gasteiger partial charge is 0.312 e. The summed E-state index contributed by atoms with van der Waals surface area (Å²) >= 11 is 2.30. The van der Waals surface area contributed by atoms with Crippen molar-refractivity contribution >= 4 is 54.6 Å².